The standard InChI is InChI=1S/C15H19F5N2O3/c1-14(2,9-24-8-11(16)17)13(23)21-5-6-25-12-4-3-10(7-22-12)15(18,19)20/h3-4,7,11H,5-6,8-9H2,1-2H3,(H,21,23). The van der Waals surface area contributed by atoms with E-state index in [0.717, 1.165) is 12.1 Å². The molecule has 0 spiro atoms. The monoisotopic (exact) mass is 370 g/mol. The molecule has 1 heterocycles. The van der Waals surface area contributed by atoms with Gasteiger partial charge in [-0.1, -0.05) is 0 Å². The van der Waals surface area contributed by atoms with Crippen LogP contribution in [-0.2, 0) is 15.7 Å². The Kier molecular flexibility index (Phi) is 7.53. The lowest BCUT2D eigenvalue weighted by Crippen LogP contribution is -2.41. The number of amides is 1. The number of carbonyl (C=O) groups is 1. The molecule has 1 amide bonds. The Bertz CT molecular complexity index is 547. The molecule has 0 atom stereocenters. The fraction of sp³-hybridized carbons (Fsp3) is 0.600. The van der Waals surface area contributed by atoms with Crippen molar-refractivity contribution in [3.05, 3.63) is 23.9 Å². The molecule has 0 saturated carbocycles. The normalized spacial score (nSPS) is 12.3. The minimum absolute atomic E-state index is 0.0122. The van der Waals surface area contributed by atoms with Crippen molar-refractivity contribution < 1.29 is 36.2 Å². The Morgan fingerprint density at radius 1 is 1.28 bits per heavy atom. The molecule has 10 heteroatoms. The third-order valence-corrected chi connectivity index (χ3v) is 3.02. The zero-order chi connectivity index (χ0) is 19.1. The lowest BCUT2D eigenvalue weighted by molar-refractivity contribution is -0.138. The van der Waals surface area contributed by atoms with Crippen LogP contribution in [0.3, 0.4) is 0 Å². The fourth-order valence-electron chi connectivity index (χ4n) is 1.66. The zero-order valence-electron chi connectivity index (χ0n) is 13.7. The number of hydrogen-bond acceptors (Lipinski definition) is 4. The maximum atomic E-state index is 12.4. The minimum Gasteiger partial charge on any atom is -0.476 e. The predicted molar refractivity (Wildman–Crippen MR) is 78.3 cm³/mol. The summed E-state index contributed by atoms with van der Waals surface area (Å²) in [6, 6.07) is 1.91. The molecule has 1 N–H and O–H groups in total. The number of ether oxygens (including phenoxy) is 2. The molecule has 142 valence electrons. The van der Waals surface area contributed by atoms with Crippen LogP contribution in [0.25, 0.3) is 0 Å². The Morgan fingerprint density at radius 3 is 2.48 bits per heavy atom. The molecular weight excluding hydrogens is 351 g/mol. The molecule has 0 saturated heterocycles. The first-order valence-corrected chi connectivity index (χ1v) is 7.32. The lowest BCUT2D eigenvalue weighted by Gasteiger charge is -2.23. The highest BCUT2D eigenvalue weighted by Crippen LogP contribution is 2.29. The maximum absolute atomic E-state index is 12.4. The Morgan fingerprint density at radius 2 is 1.96 bits per heavy atom. The first kappa shape index (κ1) is 21.1. The van der Waals surface area contributed by atoms with Crippen molar-refractivity contribution in [2.45, 2.75) is 26.4 Å². The number of rotatable bonds is 9. The van der Waals surface area contributed by atoms with E-state index >= 15 is 0 Å². The van der Waals surface area contributed by atoms with E-state index in [-0.39, 0.29) is 25.6 Å². The number of nitrogens with zero attached hydrogens (tertiary/aromatic N) is 1. The number of carbonyl (C=O) groups excluding carboxylic acids is 1. The molecule has 0 aliphatic rings. The quantitative estimate of drug-likeness (QED) is 0.536. The Balaban J connectivity index is 2.33. The van der Waals surface area contributed by atoms with E-state index < -0.39 is 36.1 Å². The van der Waals surface area contributed by atoms with Crippen LogP contribution >= 0.6 is 0 Å². The first-order chi connectivity index (χ1) is 11.5. The number of halogens is 5. The van der Waals surface area contributed by atoms with Gasteiger partial charge in [0.05, 0.1) is 24.1 Å². The molecule has 0 aliphatic carbocycles. The number of nitrogens with one attached hydrogen (secondary N) is 1. The summed E-state index contributed by atoms with van der Waals surface area (Å²) in [6.45, 7) is 2.19. The van der Waals surface area contributed by atoms with Gasteiger partial charge in [-0.2, -0.15) is 13.2 Å². The largest absolute Gasteiger partial charge is 0.476 e. The maximum Gasteiger partial charge on any atom is 0.417 e. The highest BCUT2D eigenvalue weighted by molar-refractivity contribution is 5.81. The molecule has 25 heavy (non-hydrogen) atoms. The average Bonchev–Trinajstić information content (AvgIpc) is 2.50. The van der Waals surface area contributed by atoms with Crippen molar-refractivity contribution >= 4 is 5.91 Å². The number of aromatic nitrogens is 1. The van der Waals surface area contributed by atoms with Gasteiger partial charge in [-0.05, 0) is 19.9 Å². The van der Waals surface area contributed by atoms with Crippen LogP contribution < -0.4 is 10.1 Å². The molecule has 0 radical (unpaired) electrons. The smallest absolute Gasteiger partial charge is 0.417 e. The van der Waals surface area contributed by atoms with Crippen molar-refractivity contribution in [3.8, 4) is 5.88 Å². The first-order valence-electron chi connectivity index (χ1n) is 7.32. The van der Waals surface area contributed by atoms with Crippen LogP contribution in [-0.4, -0.2) is 43.7 Å². The van der Waals surface area contributed by atoms with Gasteiger partial charge >= 0.3 is 6.18 Å². The van der Waals surface area contributed by atoms with Crippen LogP contribution in [0.5, 0.6) is 5.88 Å². The van der Waals surface area contributed by atoms with Crippen molar-refractivity contribution in [1.82, 2.24) is 10.3 Å². The van der Waals surface area contributed by atoms with Gasteiger partial charge in [0.15, 0.2) is 0 Å². The topological polar surface area (TPSA) is 60.5 Å². The van der Waals surface area contributed by atoms with E-state index in [9.17, 15) is 26.7 Å². The fourth-order valence-corrected chi connectivity index (χ4v) is 1.66. The molecule has 0 aromatic carbocycles. The number of hydrogen-bond donors (Lipinski definition) is 1. The molecule has 0 aliphatic heterocycles. The van der Waals surface area contributed by atoms with Crippen LogP contribution in [0, 0.1) is 5.41 Å². The predicted octanol–water partition coefficient (Wildman–Crippen LogP) is 2.90. The molecule has 1 rings (SSSR count). The van der Waals surface area contributed by atoms with Crippen molar-refractivity contribution in [2.24, 2.45) is 5.41 Å². The highest BCUT2D eigenvalue weighted by Gasteiger charge is 2.31. The van der Waals surface area contributed by atoms with Crippen molar-refractivity contribution in [2.75, 3.05) is 26.4 Å². The van der Waals surface area contributed by atoms with Crippen LogP contribution in [0.1, 0.15) is 19.4 Å². The van der Waals surface area contributed by atoms with Gasteiger partial charge in [0.2, 0.25) is 11.8 Å². The Hall–Kier alpha value is -1.97. The third-order valence-electron chi connectivity index (χ3n) is 3.02. The molecule has 0 bridgehead atoms. The van der Waals surface area contributed by atoms with Gasteiger partial charge in [-0.3, -0.25) is 4.79 Å². The second-order valence-corrected chi connectivity index (χ2v) is 5.78. The minimum atomic E-state index is -4.47. The van der Waals surface area contributed by atoms with E-state index in [2.05, 4.69) is 10.3 Å². The van der Waals surface area contributed by atoms with Gasteiger partial charge in [-0.15, -0.1) is 0 Å². The van der Waals surface area contributed by atoms with E-state index in [1.54, 1.807) is 0 Å². The summed E-state index contributed by atoms with van der Waals surface area (Å²) in [5.41, 5.74) is -1.90. The van der Waals surface area contributed by atoms with E-state index in [1.165, 1.54) is 13.8 Å². The number of alkyl halides is 5. The summed E-state index contributed by atoms with van der Waals surface area (Å²) in [4.78, 5) is 15.5. The van der Waals surface area contributed by atoms with Gasteiger partial charge in [0.1, 0.15) is 13.2 Å². The molecule has 1 aromatic heterocycles. The summed E-state index contributed by atoms with van der Waals surface area (Å²) >= 11 is 0. The van der Waals surface area contributed by atoms with Crippen LogP contribution in [0.4, 0.5) is 22.0 Å². The second kappa shape index (κ2) is 8.93. The van der Waals surface area contributed by atoms with E-state index in [4.69, 9.17) is 9.47 Å². The molecular formula is C15H19F5N2O3. The van der Waals surface area contributed by atoms with Crippen molar-refractivity contribution in [3.63, 3.8) is 0 Å². The summed E-state index contributed by atoms with van der Waals surface area (Å²) in [6.07, 6.45) is -6.43. The summed E-state index contributed by atoms with van der Waals surface area (Å²) in [5, 5.41) is 2.53. The highest BCUT2D eigenvalue weighted by atomic mass is 19.4. The molecule has 5 nitrogen and oxygen atoms in total. The lowest BCUT2D eigenvalue weighted by atomic mass is 9.93. The Labute approximate surface area is 141 Å². The summed E-state index contributed by atoms with van der Waals surface area (Å²) in [7, 11) is 0. The summed E-state index contributed by atoms with van der Waals surface area (Å²) < 4.78 is 71.0. The van der Waals surface area contributed by atoms with Crippen LogP contribution in [0.2, 0.25) is 0 Å². The van der Waals surface area contributed by atoms with Crippen molar-refractivity contribution in [1.29, 1.82) is 0 Å². The zero-order valence-corrected chi connectivity index (χ0v) is 13.7. The van der Waals surface area contributed by atoms with Crippen LogP contribution in [0.15, 0.2) is 18.3 Å². The molecule has 0 fully saturated rings. The SMILES string of the molecule is CC(C)(COCC(F)F)C(=O)NCCOc1ccc(C(F)(F)F)cn1. The molecule has 1 aromatic rings. The molecule has 0 unspecified atom stereocenters. The van der Waals surface area contributed by atoms with Gasteiger partial charge in [0.25, 0.3) is 6.43 Å². The second-order valence-electron chi connectivity index (χ2n) is 5.78. The number of pyridine rings is 1. The third kappa shape index (κ3) is 7.63. The van der Waals surface area contributed by atoms with E-state index in [0.29, 0.717) is 6.20 Å². The van der Waals surface area contributed by atoms with E-state index in [1.807, 2.05) is 0 Å². The van der Waals surface area contributed by atoms with Gasteiger partial charge < -0.3 is 14.8 Å². The van der Waals surface area contributed by atoms with Gasteiger partial charge in [0, 0.05) is 12.3 Å². The van der Waals surface area contributed by atoms with Gasteiger partial charge in [-0.25, -0.2) is 13.8 Å². The average molecular weight is 370 g/mol. The summed E-state index contributed by atoms with van der Waals surface area (Å²) in [5.74, 6) is -0.437.